The summed E-state index contributed by atoms with van der Waals surface area (Å²) in [5, 5.41) is 3.23. The zero-order chi connectivity index (χ0) is 20.4. The summed E-state index contributed by atoms with van der Waals surface area (Å²) in [6, 6.07) is 11.8. The highest BCUT2D eigenvalue weighted by Gasteiger charge is 2.34. The van der Waals surface area contributed by atoms with Crippen molar-refractivity contribution in [2.75, 3.05) is 0 Å². The van der Waals surface area contributed by atoms with Crippen molar-refractivity contribution in [2.24, 2.45) is 5.41 Å². The molecule has 0 saturated carbocycles. The Hall–Kier alpha value is -3.08. The number of rotatable bonds is 4. The lowest BCUT2D eigenvalue weighted by Crippen LogP contribution is -2.37. The lowest BCUT2D eigenvalue weighted by atomic mass is 9.74. The van der Waals surface area contributed by atoms with Gasteiger partial charge in [0, 0.05) is 29.7 Å². The summed E-state index contributed by atoms with van der Waals surface area (Å²) in [5.41, 5.74) is 5.24. The van der Waals surface area contributed by atoms with Gasteiger partial charge in [0.15, 0.2) is 5.82 Å². The predicted octanol–water partition coefficient (Wildman–Crippen LogP) is 4.22. The molecule has 1 atom stereocenters. The van der Waals surface area contributed by atoms with Crippen molar-refractivity contribution >= 4 is 5.91 Å². The number of benzene rings is 1. The third-order valence-corrected chi connectivity index (χ3v) is 5.40. The first-order chi connectivity index (χ1) is 13.9. The fourth-order valence-electron chi connectivity index (χ4n) is 4.07. The number of fused-ring (bicyclic) bond motifs is 1. The Morgan fingerprint density at radius 1 is 1.21 bits per heavy atom. The van der Waals surface area contributed by atoms with E-state index < -0.39 is 0 Å². The molecule has 2 heterocycles. The molecule has 1 aliphatic rings. The Labute approximate surface area is 171 Å². The minimum Gasteiger partial charge on any atom is -0.349 e. The average Bonchev–Trinajstić information content (AvgIpc) is 2.67. The summed E-state index contributed by atoms with van der Waals surface area (Å²) in [6.07, 6.45) is 7.49. The van der Waals surface area contributed by atoms with E-state index in [0.717, 1.165) is 40.8 Å². The van der Waals surface area contributed by atoms with E-state index in [0.29, 0.717) is 12.2 Å². The number of hydrogen-bond acceptors (Lipinski definition) is 4. The van der Waals surface area contributed by atoms with Gasteiger partial charge in [-0.2, -0.15) is 0 Å². The lowest BCUT2D eigenvalue weighted by molar-refractivity contribution is -0.121. The van der Waals surface area contributed by atoms with Crippen LogP contribution >= 0.6 is 0 Å². The van der Waals surface area contributed by atoms with Gasteiger partial charge in [0.2, 0.25) is 5.91 Å². The smallest absolute Gasteiger partial charge is 0.224 e. The van der Waals surface area contributed by atoms with Crippen LogP contribution in [0.15, 0.2) is 55.0 Å². The zero-order valence-electron chi connectivity index (χ0n) is 17.1. The molecule has 4 rings (SSSR count). The van der Waals surface area contributed by atoms with Crippen molar-refractivity contribution in [3.8, 4) is 11.4 Å². The van der Waals surface area contributed by atoms with Crippen LogP contribution in [0, 0.1) is 12.3 Å². The average molecular weight is 386 g/mol. The second-order valence-electron chi connectivity index (χ2n) is 8.66. The summed E-state index contributed by atoms with van der Waals surface area (Å²) >= 11 is 0. The van der Waals surface area contributed by atoms with Crippen LogP contribution in [-0.2, 0) is 17.6 Å². The van der Waals surface area contributed by atoms with E-state index >= 15 is 0 Å². The van der Waals surface area contributed by atoms with Crippen LogP contribution in [0.3, 0.4) is 0 Å². The summed E-state index contributed by atoms with van der Waals surface area (Å²) in [5.74, 6) is 0.733. The predicted molar refractivity (Wildman–Crippen MR) is 113 cm³/mol. The van der Waals surface area contributed by atoms with Crippen LogP contribution in [0.2, 0.25) is 0 Å². The third kappa shape index (κ3) is 4.50. The van der Waals surface area contributed by atoms with E-state index in [4.69, 9.17) is 4.98 Å². The van der Waals surface area contributed by atoms with Gasteiger partial charge in [-0.25, -0.2) is 9.97 Å². The second-order valence-corrected chi connectivity index (χ2v) is 8.66. The Morgan fingerprint density at radius 3 is 2.76 bits per heavy atom. The van der Waals surface area contributed by atoms with Crippen molar-refractivity contribution in [1.82, 2.24) is 20.3 Å². The Kier molecular flexibility index (Phi) is 5.14. The zero-order valence-corrected chi connectivity index (χ0v) is 17.1. The van der Waals surface area contributed by atoms with Gasteiger partial charge in [-0.1, -0.05) is 43.7 Å². The first kappa shape index (κ1) is 19.2. The molecule has 1 amide bonds. The van der Waals surface area contributed by atoms with Gasteiger partial charge in [0.25, 0.3) is 0 Å². The molecule has 29 heavy (non-hydrogen) atoms. The van der Waals surface area contributed by atoms with E-state index in [2.05, 4.69) is 35.2 Å². The molecule has 1 aromatic carbocycles. The molecule has 0 aliphatic heterocycles. The third-order valence-electron chi connectivity index (χ3n) is 5.40. The van der Waals surface area contributed by atoms with Crippen LogP contribution in [0.1, 0.15) is 48.7 Å². The number of hydrogen-bond donors (Lipinski definition) is 1. The number of nitrogens with one attached hydrogen (secondary N) is 1. The minimum atomic E-state index is -0.0717. The molecule has 1 N–H and O–H groups in total. The van der Waals surface area contributed by atoms with Crippen molar-refractivity contribution in [3.05, 3.63) is 77.4 Å². The van der Waals surface area contributed by atoms with Crippen molar-refractivity contribution in [1.29, 1.82) is 0 Å². The highest BCUT2D eigenvalue weighted by molar-refractivity contribution is 5.79. The normalized spacial score (nSPS) is 17.4. The molecule has 5 heteroatoms. The molecular formula is C24H26N4O. The minimum absolute atomic E-state index is 0.0301. The maximum absolute atomic E-state index is 12.7. The molecule has 0 radical (unpaired) electrons. The van der Waals surface area contributed by atoms with Gasteiger partial charge < -0.3 is 5.32 Å². The van der Waals surface area contributed by atoms with Crippen molar-refractivity contribution in [2.45, 2.75) is 46.1 Å². The monoisotopic (exact) mass is 386 g/mol. The highest BCUT2D eigenvalue weighted by Crippen LogP contribution is 2.40. The fourth-order valence-corrected chi connectivity index (χ4v) is 4.07. The molecule has 1 unspecified atom stereocenters. The van der Waals surface area contributed by atoms with Gasteiger partial charge in [0.1, 0.15) is 0 Å². The van der Waals surface area contributed by atoms with E-state index in [1.807, 2.05) is 43.5 Å². The first-order valence-corrected chi connectivity index (χ1v) is 10.0. The summed E-state index contributed by atoms with van der Waals surface area (Å²) in [4.78, 5) is 26.2. The topological polar surface area (TPSA) is 67.8 Å². The number of aromatic nitrogens is 3. The van der Waals surface area contributed by atoms with Crippen molar-refractivity contribution < 1.29 is 4.79 Å². The van der Waals surface area contributed by atoms with E-state index in [1.54, 1.807) is 12.4 Å². The van der Waals surface area contributed by atoms with E-state index in [9.17, 15) is 4.79 Å². The van der Waals surface area contributed by atoms with Gasteiger partial charge in [-0.05, 0) is 42.9 Å². The van der Waals surface area contributed by atoms with Crippen molar-refractivity contribution in [3.63, 3.8) is 0 Å². The summed E-state index contributed by atoms with van der Waals surface area (Å²) in [6.45, 7) is 6.49. The van der Waals surface area contributed by atoms with Crippen LogP contribution < -0.4 is 5.32 Å². The van der Waals surface area contributed by atoms with E-state index in [-0.39, 0.29) is 17.4 Å². The molecular weight excluding hydrogens is 360 g/mol. The maximum atomic E-state index is 12.7. The lowest BCUT2D eigenvalue weighted by Gasteiger charge is -2.36. The maximum Gasteiger partial charge on any atom is 0.224 e. The number of amides is 1. The van der Waals surface area contributed by atoms with Gasteiger partial charge in [-0.3, -0.25) is 9.78 Å². The van der Waals surface area contributed by atoms with Crippen LogP contribution in [-0.4, -0.2) is 20.9 Å². The Balaban J connectivity index is 1.58. The first-order valence-electron chi connectivity index (χ1n) is 10.0. The number of aryl methyl sites for hydroxylation is 1. The SMILES string of the molecule is Cc1cccc(CC(=O)NC2CC(C)(C)Cc3nc(-c4ccncc4)ncc32)c1. The molecule has 0 spiro atoms. The molecule has 5 nitrogen and oxygen atoms in total. The molecule has 0 bridgehead atoms. The molecule has 0 fully saturated rings. The van der Waals surface area contributed by atoms with Crippen LogP contribution in [0.5, 0.6) is 0 Å². The molecule has 3 aromatic rings. The Morgan fingerprint density at radius 2 is 2.00 bits per heavy atom. The van der Waals surface area contributed by atoms with Gasteiger partial charge >= 0.3 is 0 Å². The van der Waals surface area contributed by atoms with E-state index in [1.165, 1.54) is 0 Å². The number of carbonyl (C=O) groups excluding carboxylic acids is 1. The quantitative estimate of drug-likeness (QED) is 0.729. The largest absolute Gasteiger partial charge is 0.349 e. The standard InChI is InChI=1S/C24H26N4O/c1-16-5-4-6-17(11-16)12-22(29)27-20-13-24(2,3)14-21-19(20)15-26-23(28-21)18-7-9-25-10-8-18/h4-11,15,20H,12-14H2,1-3H3,(H,27,29). The Bertz CT molecular complexity index is 1030. The van der Waals surface area contributed by atoms with Crippen LogP contribution in [0.25, 0.3) is 11.4 Å². The van der Waals surface area contributed by atoms with Gasteiger partial charge in [0.05, 0.1) is 18.2 Å². The molecule has 0 saturated heterocycles. The number of pyridine rings is 1. The van der Waals surface area contributed by atoms with Crippen LogP contribution in [0.4, 0.5) is 0 Å². The summed E-state index contributed by atoms with van der Waals surface area (Å²) < 4.78 is 0. The number of nitrogens with zero attached hydrogens (tertiary/aromatic N) is 3. The summed E-state index contributed by atoms with van der Waals surface area (Å²) in [7, 11) is 0. The second kappa shape index (κ2) is 7.74. The molecule has 1 aliphatic carbocycles. The molecule has 2 aromatic heterocycles. The highest BCUT2D eigenvalue weighted by atomic mass is 16.1. The molecule has 148 valence electrons. The van der Waals surface area contributed by atoms with Gasteiger partial charge in [-0.15, -0.1) is 0 Å². The number of carbonyl (C=O) groups is 1. The fraction of sp³-hybridized carbons (Fsp3) is 0.333.